The van der Waals surface area contributed by atoms with Gasteiger partial charge < -0.3 is 10.4 Å². The van der Waals surface area contributed by atoms with Crippen molar-refractivity contribution in [2.75, 3.05) is 12.3 Å². The van der Waals surface area contributed by atoms with E-state index in [2.05, 4.69) is 5.32 Å². The normalized spacial score (nSPS) is 31.7. The zero-order chi connectivity index (χ0) is 13.7. The third kappa shape index (κ3) is 4.13. The van der Waals surface area contributed by atoms with Crippen molar-refractivity contribution in [3.05, 3.63) is 0 Å². The smallest absolute Gasteiger partial charge is 0.306 e. The molecule has 1 aliphatic carbocycles. The van der Waals surface area contributed by atoms with Gasteiger partial charge in [0.25, 0.3) is 0 Å². The largest absolute Gasteiger partial charge is 0.481 e. The average Bonchev–Trinajstić information content (AvgIpc) is 2.46. The molecule has 1 aliphatic heterocycles. The lowest BCUT2D eigenvalue weighted by Crippen LogP contribution is -2.41. The summed E-state index contributed by atoms with van der Waals surface area (Å²) in [5.74, 6) is 0.321. The molecule has 4 nitrogen and oxygen atoms in total. The Balaban J connectivity index is 1.79. The number of hydrogen-bond donors (Lipinski definition) is 2. The third-order valence-corrected chi connectivity index (χ3v) is 5.61. The first-order valence-electron chi connectivity index (χ1n) is 7.30. The molecule has 0 aromatic rings. The van der Waals surface area contributed by atoms with E-state index >= 15 is 0 Å². The first kappa shape index (κ1) is 14.7. The number of amides is 1. The van der Waals surface area contributed by atoms with Gasteiger partial charge >= 0.3 is 5.97 Å². The molecule has 5 heteroatoms. The lowest BCUT2D eigenvalue weighted by Gasteiger charge is -2.29. The Labute approximate surface area is 118 Å². The van der Waals surface area contributed by atoms with Crippen LogP contribution in [0.3, 0.4) is 0 Å². The van der Waals surface area contributed by atoms with Crippen LogP contribution in [-0.2, 0) is 9.59 Å². The molecule has 1 amide bonds. The molecule has 108 valence electrons. The summed E-state index contributed by atoms with van der Waals surface area (Å²) in [6.07, 6.45) is 7.07. The molecule has 2 rings (SSSR count). The molecule has 0 radical (unpaired) electrons. The zero-order valence-electron chi connectivity index (χ0n) is 11.3. The number of carboxylic acids is 1. The fourth-order valence-electron chi connectivity index (χ4n) is 3.07. The highest BCUT2D eigenvalue weighted by atomic mass is 32.2. The van der Waals surface area contributed by atoms with Gasteiger partial charge in [-0.3, -0.25) is 9.59 Å². The zero-order valence-corrected chi connectivity index (χ0v) is 12.1. The fraction of sp³-hybridized carbons (Fsp3) is 0.857. The van der Waals surface area contributed by atoms with Crippen LogP contribution in [0.15, 0.2) is 0 Å². The van der Waals surface area contributed by atoms with Gasteiger partial charge in [-0.1, -0.05) is 19.3 Å². The maximum absolute atomic E-state index is 12.0. The number of hydrogen-bond acceptors (Lipinski definition) is 3. The molecule has 0 aromatic carbocycles. The molecule has 1 saturated heterocycles. The van der Waals surface area contributed by atoms with E-state index in [1.165, 1.54) is 6.42 Å². The van der Waals surface area contributed by atoms with Crippen molar-refractivity contribution >= 4 is 23.6 Å². The van der Waals surface area contributed by atoms with Crippen molar-refractivity contribution in [1.82, 2.24) is 5.32 Å². The minimum atomic E-state index is -0.703. The summed E-state index contributed by atoms with van der Waals surface area (Å²) < 4.78 is 0. The molecular formula is C14H23NO3S. The fourth-order valence-corrected chi connectivity index (χ4v) is 4.29. The highest BCUT2D eigenvalue weighted by Crippen LogP contribution is 2.30. The van der Waals surface area contributed by atoms with Crippen molar-refractivity contribution in [3.8, 4) is 0 Å². The second-order valence-electron chi connectivity index (χ2n) is 5.59. The maximum atomic E-state index is 12.0. The summed E-state index contributed by atoms with van der Waals surface area (Å²) in [4.78, 5) is 23.2. The van der Waals surface area contributed by atoms with E-state index in [0.717, 1.165) is 44.3 Å². The Morgan fingerprint density at radius 2 is 1.84 bits per heavy atom. The molecule has 2 aliphatic rings. The van der Waals surface area contributed by atoms with Crippen molar-refractivity contribution in [2.45, 2.75) is 50.2 Å². The van der Waals surface area contributed by atoms with Crippen molar-refractivity contribution in [3.63, 3.8) is 0 Å². The van der Waals surface area contributed by atoms with Crippen molar-refractivity contribution < 1.29 is 14.7 Å². The second-order valence-corrected chi connectivity index (χ2v) is 6.90. The Hall–Kier alpha value is -0.710. The summed E-state index contributed by atoms with van der Waals surface area (Å²) in [6.45, 7) is 0.535. The maximum Gasteiger partial charge on any atom is 0.306 e. The number of carbonyl (C=O) groups excluding carboxylic acids is 1. The highest BCUT2D eigenvalue weighted by Gasteiger charge is 2.31. The summed E-state index contributed by atoms with van der Waals surface area (Å²) in [5, 5.41) is 12.3. The Morgan fingerprint density at radius 1 is 1.11 bits per heavy atom. The van der Waals surface area contributed by atoms with Gasteiger partial charge in [0.1, 0.15) is 0 Å². The highest BCUT2D eigenvalue weighted by molar-refractivity contribution is 8.00. The topological polar surface area (TPSA) is 66.4 Å². The van der Waals surface area contributed by atoms with Crippen LogP contribution in [-0.4, -0.2) is 34.5 Å². The summed E-state index contributed by atoms with van der Waals surface area (Å²) >= 11 is 1.74. The van der Waals surface area contributed by atoms with E-state index in [0.29, 0.717) is 6.54 Å². The molecule has 19 heavy (non-hydrogen) atoms. The van der Waals surface area contributed by atoms with Gasteiger partial charge in [-0.2, -0.15) is 0 Å². The van der Waals surface area contributed by atoms with Crippen LogP contribution in [0, 0.1) is 11.8 Å². The third-order valence-electron chi connectivity index (χ3n) is 4.24. The van der Waals surface area contributed by atoms with E-state index in [4.69, 9.17) is 0 Å². The standard InChI is InChI=1S/C14H23NO3S/c16-13(12-7-3-4-8-19-12)15-9-10-5-1-2-6-11(10)14(17)18/h10-12H,1-9H2,(H,15,16)(H,17,18). The molecule has 3 unspecified atom stereocenters. The van der Waals surface area contributed by atoms with Crippen LogP contribution in [0.1, 0.15) is 44.9 Å². The van der Waals surface area contributed by atoms with Crippen LogP contribution >= 0.6 is 11.8 Å². The van der Waals surface area contributed by atoms with E-state index in [1.54, 1.807) is 11.8 Å². The summed E-state index contributed by atoms with van der Waals surface area (Å²) in [5.41, 5.74) is 0. The molecule has 0 bridgehead atoms. The predicted octanol–water partition coefficient (Wildman–Crippen LogP) is 2.28. The van der Waals surface area contributed by atoms with Crippen LogP contribution < -0.4 is 5.32 Å². The van der Waals surface area contributed by atoms with Gasteiger partial charge in [-0.25, -0.2) is 0 Å². The first-order chi connectivity index (χ1) is 9.18. The minimum absolute atomic E-state index is 0.0839. The molecule has 2 N–H and O–H groups in total. The molecular weight excluding hydrogens is 262 g/mol. The lowest BCUT2D eigenvalue weighted by molar-refractivity contribution is -0.145. The molecule has 0 spiro atoms. The monoisotopic (exact) mass is 285 g/mol. The van der Waals surface area contributed by atoms with Gasteiger partial charge in [0, 0.05) is 6.54 Å². The number of thioether (sulfide) groups is 1. The van der Waals surface area contributed by atoms with Gasteiger partial charge in [-0.05, 0) is 37.4 Å². The number of carboxylic acid groups (broad SMARTS) is 1. The van der Waals surface area contributed by atoms with Gasteiger partial charge in [0.15, 0.2) is 0 Å². The van der Waals surface area contributed by atoms with Gasteiger partial charge in [0.2, 0.25) is 5.91 Å². The lowest BCUT2D eigenvalue weighted by atomic mass is 9.79. The van der Waals surface area contributed by atoms with Crippen LogP contribution in [0.4, 0.5) is 0 Å². The predicted molar refractivity (Wildman–Crippen MR) is 76.2 cm³/mol. The molecule has 3 atom stereocenters. The average molecular weight is 285 g/mol. The van der Waals surface area contributed by atoms with Gasteiger partial charge in [-0.15, -0.1) is 11.8 Å². The Bertz CT molecular complexity index is 329. The number of nitrogens with one attached hydrogen (secondary N) is 1. The van der Waals surface area contributed by atoms with E-state index in [1.807, 2.05) is 0 Å². The Kier molecular flexibility index (Phi) is 5.55. The molecule has 2 fully saturated rings. The molecule has 1 heterocycles. The summed E-state index contributed by atoms with van der Waals surface area (Å²) in [7, 11) is 0. The molecule has 1 saturated carbocycles. The van der Waals surface area contributed by atoms with Crippen molar-refractivity contribution in [1.29, 1.82) is 0 Å². The van der Waals surface area contributed by atoms with E-state index < -0.39 is 5.97 Å². The number of carbonyl (C=O) groups is 2. The first-order valence-corrected chi connectivity index (χ1v) is 8.35. The van der Waals surface area contributed by atoms with Crippen molar-refractivity contribution in [2.24, 2.45) is 11.8 Å². The van der Waals surface area contributed by atoms with E-state index in [9.17, 15) is 14.7 Å². The van der Waals surface area contributed by atoms with Crippen LogP contribution in [0.2, 0.25) is 0 Å². The van der Waals surface area contributed by atoms with Crippen LogP contribution in [0.25, 0.3) is 0 Å². The Morgan fingerprint density at radius 3 is 2.53 bits per heavy atom. The van der Waals surface area contributed by atoms with E-state index in [-0.39, 0.29) is 23.0 Å². The SMILES string of the molecule is O=C(NCC1CCCCC1C(=O)O)C1CCCCS1. The number of aliphatic carboxylic acids is 1. The summed E-state index contributed by atoms with van der Waals surface area (Å²) in [6, 6.07) is 0. The number of rotatable bonds is 4. The second kappa shape index (κ2) is 7.17. The minimum Gasteiger partial charge on any atom is -0.481 e. The quantitative estimate of drug-likeness (QED) is 0.831. The molecule has 0 aromatic heterocycles. The van der Waals surface area contributed by atoms with Gasteiger partial charge in [0.05, 0.1) is 11.2 Å². The van der Waals surface area contributed by atoms with Crippen LogP contribution in [0.5, 0.6) is 0 Å².